The minimum Gasteiger partial charge on any atom is -0.409 e. The van der Waals surface area contributed by atoms with Gasteiger partial charge in [-0.1, -0.05) is 25.5 Å². The molecule has 0 saturated carbocycles. The number of rotatable bonds is 6. The van der Waals surface area contributed by atoms with Gasteiger partial charge in [-0.05, 0) is 55.9 Å². The van der Waals surface area contributed by atoms with E-state index in [1.807, 2.05) is 30.3 Å². The van der Waals surface area contributed by atoms with E-state index in [1.165, 1.54) is 0 Å². The number of para-hydroxylation sites is 2. The molecule has 1 aliphatic carbocycles. The number of aryl methyl sites for hydroxylation is 1. The fourth-order valence-corrected chi connectivity index (χ4v) is 3.37. The molecule has 1 N–H and O–H groups in total. The van der Waals surface area contributed by atoms with Crippen LogP contribution in [0.4, 0.5) is 0 Å². The Kier molecular flexibility index (Phi) is 4.65. The predicted molar refractivity (Wildman–Crippen MR) is 101 cm³/mol. The number of nitrogens with one attached hydrogen (secondary N) is 1. The molecule has 26 heavy (non-hydrogen) atoms. The van der Waals surface area contributed by atoms with Crippen LogP contribution in [0.1, 0.15) is 43.9 Å². The Labute approximate surface area is 151 Å². The van der Waals surface area contributed by atoms with Crippen LogP contribution in [0.2, 0.25) is 0 Å². The molecule has 0 aliphatic heterocycles. The third-order valence-electron chi connectivity index (χ3n) is 4.74. The van der Waals surface area contributed by atoms with Crippen molar-refractivity contribution in [2.75, 3.05) is 12.0 Å². The Morgan fingerprint density at radius 1 is 1.27 bits per heavy atom. The van der Waals surface area contributed by atoms with Gasteiger partial charge in [-0.3, -0.25) is 4.79 Å². The fraction of sp³-hybridized carbons (Fsp3) is 0.400. The van der Waals surface area contributed by atoms with Crippen LogP contribution >= 0.6 is 0 Å². The Morgan fingerprint density at radius 2 is 2.12 bits per heavy atom. The first kappa shape index (κ1) is 16.7. The van der Waals surface area contributed by atoms with Gasteiger partial charge >= 0.3 is 11.6 Å². The van der Waals surface area contributed by atoms with Gasteiger partial charge in [-0.25, -0.2) is 4.68 Å². The van der Waals surface area contributed by atoms with Crippen molar-refractivity contribution in [3.05, 3.63) is 51.9 Å². The Morgan fingerprint density at radius 3 is 2.96 bits per heavy atom. The maximum Gasteiger partial charge on any atom is 0.400 e. The van der Waals surface area contributed by atoms with E-state index in [2.05, 4.69) is 17.3 Å². The molecule has 0 bridgehead atoms. The summed E-state index contributed by atoms with van der Waals surface area (Å²) in [7, 11) is 0. The molecule has 0 saturated heterocycles. The SMILES string of the molecule is CCCCNn1c2c(cc(Oc3nc4ccccc4o3)c1=O)CCCC2. The number of aromatic nitrogens is 2. The molecule has 0 fully saturated rings. The van der Waals surface area contributed by atoms with Gasteiger partial charge in [0.05, 0.1) is 0 Å². The second kappa shape index (κ2) is 7.23. The molecule has 0 atom stereocenters. The molecule has 0 unspecified atom stereocenters. The minimum atomic E-state index is -0.191. The Bertz CT molecular complexity index is 941. The van der Waals surface area contributed by atoms with Gasteiger partial charge in [0.25, 0.3) is 0 Å². The molecule has 2 heterocycles. The van der Waals surface area contributed by atoms with Crippen molar-refractivity contribution in [1.29, 1.82) is 0 Å². The molecule has 2 aromatic heterocycles. The van der Waals surface area contributed by atoms with Crippen LogP contribution in [-0.4, -0.2) is 16.2 Å². The van der Waals surface area contributed by atoms with Crippen LogP contribution < -0.4 is 15.7 Å². The third-order valence-corrected chi connectivity index (χ3v) is 4.74. The number of benzene rings is 1. The number of unbranched alkanes of at least 4 members (excludes halogenated alkanes) is 1. The maximum atomic E-state index is 13.0. The quantitative estimate of drug-likeness (QED) is 0.678. The molecule has 6 nitrogen and oxygen atoms in total. The van der Waals surface area contributed by atoms with E-state index in [9.17, 15) is 4.79 Å². The van der Waals surface area contributed by atoms with Gasteiger partial charge in [0.2, 0.25) is 0 Å². The third kappa shape index (κ3) is 3.19. The van der Waals surface area contributed by atoms with E-state index in [-0.39, 0.29) is 17.4 Å². The first-order valence-electron chi connectivity index (χ1n) is 9.31. The van der Waals surface area contributed by atoms with E-state index in [4.69, 9.17) is 9.15 Å². The molecule has 0 amide bonds. The van der Waals surface area contributed by atoms with Gasteiger partial charge in [0.15, 0.2) is 11.3 Å². The lowest BCUT2D eigenvalue weighted by Gasteiger charge is -2.22. The molecule has 1 aliphatic rings. The minimum absolute atomic E-state index is 0.0965. The molecule has 136 valence electrons. The molecular formula is C20H23N3O3. The zero-order valence-electron chi connectivity index (χ0n) is 15.0. The van der Waals surface area contributed by atoms with Gasteiger partial charge in [0, 0.05) is 12.2 Å². The van der Waals surface area contributed by atoms with Crippen LogP contribution in [-0.2, 0) is 12.8 Å². The summed E-state index contributed by atoms with van der Waals surface area (Å²) >= 11 is 0. The molecule has 6 heteroatoms. The zero-order valence-corrected chi connectivity index (χ0v) is 15.0. The molecule has 0 radical (unpaired) electrons. The summed E-state index contributed by atoms with van der Waals surface area (Å²) < 4.78 is 13.0. The Balaban J connectivity index is 1.70. The molecule has 1 aromatic carbocycles. The van der Waals surface area contributed by atoms with E-state index in [0.717, 1.165) is 56.3 Å². The summed E-state index contributed by atoms with van der Waals surface area (Å²) in [5, 5.41) is 0. The summed E-state index contributed by atoms with van der Waals surface area (Å²) in [6.07, 6.45) is 6.28. The van der Waals surface area contributed by atoms with Crippen molar-refractivity contribution < 1.29 is 9.15 Å². The van der Waals surface area contributed by atoms with Crippen molar-refractivity contribution in [1.82, 2.24) is 9.66 Å². The van der Waals surface area contributed by atoms with Gasteiger partial charge in [-0.2, -0.15) is 4.98 Å². The number of hydrogen-bond donors (Lipinski definition) is 1. The number of oxazole rings is 1. The van der Waals surface area contributed by atoms with Crippen molar-refractivity contribution in [2.45, 2.75) is 45.4 Å². The average Bonchev–Trinajstić information content (AvgIpc) is 3.07. The van der Waals surface area contributed by atoms with Gasteiger partial charge in [-0.15, -0.1) is 0 Å². The first-order valence-corrected chi connectivity index (χ1v) is 9.31. The van der Waals surface area contributed by atoms with Gasteiger partial charge < -0.3 is 14.6 Å². The topological polar surface area (TPSA) is 69.3 Å². The normalized spacial score (nSPS) is 13.6. The summed E-state index contributed by atoms with van der Waals surface area (Å²) in [6, 6.07) is 9.29. The second-order valence-electron chi connectivity index (χ2n) is 6.64. The lowest BCUT2D eigenvalue weighted by molar-refractivity contribution is 0.336. The highest BCUT2D eigenvalue weighted by molar-refractivity contribution is 5.72. The smallest absolute Gasteiger partial charge is 0.400 e. The van der Waals surface area contributed by atoms with Crippen LogP contribution in [0, 0.1) is 0 Å². The van der Waals surface area contributed by atoms with E-state index >= 15 is 0 Å². The van der Waals surface area contributed by atoms with E-state index < -0.39 is 0 Å². The average molecular weight is 353 g/mol. The van der Waals surface area contributed by atoms with Crippen molar-refractivity contribution in [3.63, 3.8) is 0 Å². The predicted octanol–water partition coefficient (Wildman–Crippen LogP) is 4.00. The van der Waals surface area contributed by atoms with Gasteiger partial charge in [0.1, 0.15) is 5.52 Å². The summed E-state index contributed by atoms with van der Waals surface area (Å²) in [4.78, 5) is 17.3. The van der Waals surface area contributed by atoms with Crippen molar-refractivity contribution in [2.24, 2.45) is 0 Å². The largest absolute Gasteiger partial charge is 0.409 e. The van der Waals surface area contributed by atoms with Crippen LogP contribution in [0.3, 0.4) is 0 Å². The summed E-state index contributed by atoms with van der Waals surface area (Å²) in [6.45, 7) is 2.89. The van der Waals surface area contributed by atoms with E-state index in [0.29, 0.717) is 11.1 Å². The zero-order chi connectivity index (χ0) is 17.9. The van der Waals surface area contributed by atoms with Crippen molar-refractivity contribution in [3.8, 4) is 11.8 Å². The molecular weight excluding hydrogens is 330 g/mol. The molecule has 0 spiro atoms. The maximum absolute atomic E-state index is 13.0. The number of fused-ring (bicyclic) bond motifs is 2. The first-order chi connectivity index (χ1) is 12.8. The number of hydrogen-bond acceptors (Lipinski definition) is 5. The Hall–Kier alpha value is -2.76. The lowest BCUT2D eigenvalue weighted by atomic mass is 9.96. The monoisotopic (exact) mass is 353 g/mol. The summed E-state index contributed by atoms with van der Waals surface area (Å²) in [5.74, 6) is 0.251. The van der Waals surface area contributed by atoms with Crippen molar-refractivity contribution >= 4 is 11.1 Å². The molecule has 4 rings (SSSR count). The highest BCUT2D eigenvalue weighted by Crippen LogP contribution is 2.27. The van der Waals surface area contributed by atoms with Crippen LogP contribution in [0.15, 0.2) is 39.5 Å². The standard InChI is InChI=1S/C20H23N3O3/c1-2-3-12-21-23-16-10-6-4-8-14(16)13-18(19(23)24)26-20-22-15-9-5-7-11-17(15)25-20/h5,7,9,11,13,21H,2-4,6,8,10,12H2,1H3. The highest BCUT2D eigenvalue weighted by Gasteiger charge is 2.20. The van der Waals surface area contributed by atoms with Crippen LogP contribution in [0.25, 0.3) is 11.1 Å². The fourth-order valence-electron chi connectivity index (χ4n) is 3.37. The highest BCUT2D eigenvalue weighted by atomic mass is 16.6. The lowest BCUT2D eigenvalue weighted by Crippen LogP contribution is -2.34. The molecule has 3 aromatic rings. The van der Waals surface area contributed by atoms with E-state index in [1.54, 1.807) is 4.68 Å². The second-order valence-corrected chi connectivity index (χ2v) is 6.64. The number of ether oxygens (including phenoxy) is 1. The number of pyridine rings is 1. The van der Waals surface area contributed by atoms with Crippen LogP contribution in [0.5, 0.6) is 11.8 Å². The summed E-state index contributed by atoms with van der Waals surface area (Å²) in [5.41, 5.74) is 6.66. The number of nitrogens with zero attached hydrogens (tertiary/aromatic N) is 2.